The summed E-state index contributed by atoms with van der Waals surface area (Å²) in [6, 6.07) is 11.8. The lowest BCUT2D eigenvalue weighted by molar-refractivity contribution is 0.543. The number of nitrogens with zero attached hydrogens (tertiary/aromatic N) is 2. The SMILES string of the molecule is O=S(=O)(NCCc1cnn(-c2ccccc2)c1)c1ccc(F)cc1F. The molecule has 1 N–H and O–H groups in total. The molecule has 0 aliphatic carbocycles. The van der Waals surface area contributed by atoms with E-state index in [0.717, 1.165) is 23.4 Å². The Bertz CT molecular complexity index is 973. The fourth-order valence-corrected chi connectivity index (χ4v) is 3.40. The van der Waals surface area contributed by atoms with E-state index < -0.39 is 26.6 Å². The molecular formula is C17H15F2N3O2S. The Hall–Kier alpha value is -2.58. The van der Waals surface area contributed by atoms with Crippen molar-refractivity contribution in [3.63, 3.8) is 0 Å². The number of halogens is 2. The number of aromatic nitrogens is 2. The monoisotopic (exact) mass is 363 g/mol. The van der Waals surface area contributed by atoms with Crippen molar-refractivity contribution in [3.05, 3.63) is 78.1 Å². The highest BCUT2D eigenvalue weighted by Gasteiger charge is 2.19. The van der Waals surface area contributed by atoms with E-state index in [1.165, 1.54) is 0 Å². The molecular weight excluding hydrogens is 348 g/mol. The topological polar surface area (TPSA) is 64.0 Å². The molecule has 0 unspecified atom stereocenters. The Morgan fingerprint density at radius 2 is 1.84 bits per heavy atom. The van der Waals surface area contributed by atoms with E-state index in [2.05, 4.69) is 9.82 Å². The summed E-state index contributed by atoms with van der Waals surface area (Å²) >= 11 is 0. The van der Waals surface area contributed by atoms with Crippen LogP contribution in [0.1, 0.15) is 5.56 Å². The van der Waals surface area contributed by atoms with Crippen LogP contribution in [0.3, 0.4) is 0 Å². The van der Waals surface area contributed by atoms with Crippen molar-refractivity contribution in [3.8, 4) is 5.69 Å². The maximum atomic E-state index is 13.6. The van der Waals surface area contributed by atoms with Gasteiger partial charge in [0.15, 0.2) is 0 Å². The van der Waals surface area contributed by atoms with Gasteiger partial charge >= 0.3 is 0 Å². The van der Waals surface area contributed by atoms with Crippen LogP contribution >= 0.6 is 0 Å². The molecule has 1 heterocycles. The predicted octanol–water partition coefficient (Wildman–Crippen LogP) is 2.67. The number of para-hydroxylation sites is 1. The summed E-state index contributed by atoms with van der Waals surface area (Å²) in [5.41, 5.74) is 1.72. The van der Waals surface area contributed by atoms with Gasteiger partial charge in [-0.05, 0) is 36.2 Å². The normalized spacial score (nSPS) is 11.6. The molecule has 0 atom stereocenters. The number of benzene rings is 2. The molecule has 0 radical (unpaired) electrons. The summed E-state index contributed by atoms with van der Waals surface area (Å²) in [7, 11) is -4.04. The molecule has 25 heavy (non-hydrogen) atoms. The largest absolute Gasteiger partial charge is 0.243 e. The lowest BCUT2D eigenvalue weighted by Gasteiger charge is -2.07. The van der Waals surface area contributed by atoms with E-state index in [1.807, 2.05) is 30.3 Å². The molecule has 0 saturated heterocycles. The standard InChI is InChI=1S/C17H15F2N3O2S/c18-14-6-7-17(16(19)10-14)25(23,24)21-9-8-13-11-20-22(12-13)15-4-2-1-3-5-15/h1-7,10-12,21H,8-9H2. The number of nitrogens with one attached hydrogen (secondary N) is 1. The highest BCUT2D eigenvalue weighted by Crippen LogP contribution is 2.15. The minimum Gasteiger partial charge on any atom is -0.241 e. The van der Waals surface area contributed by atoms with Crippen molar-refractivity contribution >= 4 is 10.0 Å². The number of rotatable bonds is 6. The van der Waals surface area contributed by atoms with Crippen LogP contribution in [0, 0.1) is 11.6 Å². The molecule has 3 rings (SSSR count). The number of hydrogen-bond acceptors (Lipinski definition) is 3. The molecule has 0 aliphatic heterocycles. The second-order valence-corrected chi connectivity index (χ2v) is 7.09. The average molecular weight is 363 g/mol. The van der Waals surface area contributed by atoms with Gasteiger partial charge in [-0.25, -0.2) is 26.6 Å². The Morgan fingerprint density at radius 3 is 2.56 bits per heavy atom. The van der Waals surface area contributed by atoms with Crippen molar-refractivity contribution in [1.82, 2.24) is 14.5 Å². The summed E-state index contributed by atoms with van der Waals surface area (Å²) in [6.07, 6.45) is 3.82. The summed E-state index contributed by atoms with van der Waals surface area (Å²) in [5, 5.41) is 4.22. The zero-order valence-electron chi connectivity index (χ0n) is 13.1. The van der Waals surface area contributed by atoms with Gasteiger partial charge in [-0.15, -0.1) is 0 Å². The molecule has 130 valence electrons. The van der Waals surface area contributed by atoms with Crippen LogP contribution in [0.2, 0.25) is 0 Å². The van der Waals surface area contributed by atoms with Crippen LogP contribution in [-0.2, 0) is 16.4 Å². The van der Waals surface area contributed by atoms with Gasteiger partial charge < -0.3 is 0 Å². The van der Waals surface area contributed by atoms with E-state index in [9.17, 15) is 17.2 Å². The number of sulfonamides is 1. The molecule has 8 heteroatoms. The Morgan fingerprint density at radius 1 is 1.08 bits per heavy atom. The van der Waals surface area contributed by atoms with Gasteiger partial charge in [0, 0.05) is 18.8 Å². The van der Waals surface area contributed by atoms with Gasteiger partial charge in [-0.3, -0.25) is 0 Å². The van der Waals surface area contributed by atoms with E-state index in [0.29, 0.717) is 12.5 Å². The van der Waals surface area contributed by atoms with Gasteiger partial charge in [-0.2, -0.15) is 5.10 Å². The highest BCUT2D eigenvalue weighted by atomic mass is 32.2. The van der Waals surface area contributed by atoms with E-state index in [4.69, 9.17) is 0 Å². The second kappa shape index (κ2) is 7.12. The van der Waals surface area contributed by atoms with Crippen LogP contribution < -0.4 is 4.72 Å². The first kappa shape index (κ1) is 17.2. The van der Waals surface area contributed by atoms with Crippen molar-refractivity contribution in [2.75, 3.05) is 6.54 Å². The summed E-state index contributed by atoms with van der Waals surface area (Å²) < 4.78 is 54.7. The van der Waals surface area contributed by atoms with Gasteiger partial charge in [0.25, 0.3) is 0 Å². The van der Waals surface area contributed by atoms with Crippen LogP contribution in [-0.4, -0.2) is 24.7 Å². The maximum absolute atomic E-state index is 13.6. The van der Waals surface area contributed by atoms with Crippen LogP contribution in [0.15, 0.2) is 65.8 Å². The van der Waals surface area contributed by atoms with Gasteiger partial charge in [0.05, 0.1) is 11.9 Å². The molecule has 0 saturated carbocycles. The van der Waals surface area contributed by atoms with E-state index in [-0.39, 0.29) is 6.54 Å². The molecule has 0 amide bonds. The summed E-state index contributed by atoms with van der Waals surface area (Å²) in [6.45, 7) is 0.0691. The van der Waals surface area contributed by atoms with Crippen molar-refractivity contribution in [2.24, 2.45) is 0 Å². The van der Waals surface area contributed by atoms with E-state index >= 15 is 0 Å². The molecule has 0 spiro atoms. The first-order chi connectivity index (χ1) is 12.0. The smallest absolute Gasteiger partial charge is 0.241 e. The molecule has 1 aromatic heterocycles. The first-order valence-corrected chi connectivity index (χ1v) is 8.98. The fourth-order valence-electron chi connectivity index (χ4n) is 2.31. The average Bonchev–Trinajstić information content (AvgIpc) is 3.04. The van der Waals surface area contributed by atoms with Crippen LogP contribution in [0.25, 0.3) is 5.69 Å². The molecule has 0 fully saturated rings. The molecule has 3 aromatic rings. The van der Waals surface area contributed by atoms with Crippen LogP contribution in [0.4, 0.5) is 8.78 Å². The van der Waals surface area contributed by atoms with Crippen molar-refractivity contribution in [1.29, 1.82) is 0 Å². The van der Waals surface area contributed by atoms with E-state index in [1.54, 1.807) is 17.1 Å². The maximum Gasteiger partial charge on any atom is 0.243 e. The second-order valence-electron chi connectivity index (χ2n) is 5.35. The third kappa shape index (κ3) is 4.09. The third-order valence-electron chi connectivity index (χ3n) is 3.55. The minimum atomic E-state index is -4.04. The zero-order valence-corrected chi connectivity index (χ0v) is 13.9. The first-order valence-electron chi connectivity index (χ1n) is 7.49. The van der Waals surface area contributed by atoms with Crippen LogP contribution in [0.5, 0.6) is 0 Å². The molecule has 5 nitrogen and oxygen atoms in total. The van der Waals surface area contributed by atoms with Crippen molar-refractivity contribution in [2.45, 2.75) is 11.3 Å². The van der Waals surface area contributed by atoms with Gasteiger partial charge in [-0.1, -0.05) is 18.2 Å². The van der Waals surface area contributed by atoms with Crippen molar-refractivity contribution < 1.29 is 17.2 Å². The molecule has 2 aromatic carbocycles. The lowest BCUT2D eigenvalue weighted by atomic mass is 10.2. The Balaban J connectivity index is 1.64. The molecule has 0 aliphatic rings. The summed E-state index contributed by atoms with van der Waals surface area (Å²) in [4.78, 5) is -0.575. The zero-order chi connectivity index (χ0) is 17.9. The lowest BCUT2D eigenvalue weighted by Crippen LogP contribution is -2.26. The predicted molar refractivity (Wildman–Crippen MR) is 88.8 cm³/mol. The van der Waals surface area contributed by atoms with Gasteiger partial charge in [0.1, 0.15) is 16.5 Å². The Kier molecular flexibility index (Phi) is 4.91. The Labute approximate surface area is 144 Å². The molecule has 0 bridgehead atoms. The fraction of sp³-hybridized carbons (Fsp3) is 0.118. The third-order valence-corrected chi connectivity index (χ3v) is 5.04. The minimum absolute atomic E-state index is 0.0691. The van der Waals surface area contributed by atoms with Gasteiger partial charge in [0.2, 0.25) is 10.0 Å². The quantitative estimate of drug-likeness (QED) is 0.732. The summed E-state index contributed by atoms with van der Waals surface area (Å²) in [5.74, 6) is -1.95. The number of hydrogen-bond donors (Lipinski definition) is 1. The highest BCUT2D eigenvalue weighted by molar-refractivity contribution is 7.89.